The largest absolute Gasteiger partial charge is 0.369 e. The Morgan fingerprint density at radius 3 is 3.05 bits per heavy atom. The molecule has 1 aliphatic rings. The van der Waals surface area contributed by atoms with Crippen molar-refractivity contribution in [1.29, 1.82) is 0 Å². The van der Waals surface area contributed by atoms with Crippen LogP contribution >= 0.6 is 11.6 Å². The summed E-state index contributed by atoms with van der Waals surface area (Å²) in [6.07, 6.45) is 2.13. The van der Waals surface area contributed by atoms with Crippen molar-refractivity contribution in [3.05, 3.63) is 17.5 Å². The lowest BCUT2D eigenvalue weighted by Crippen LogP contribution is -2.37. The molecule has 3 rings (SSSR count). The van der Waals surface area contributed by atoms with E-state index in [1.165, 1.54) is 6.33 Å². The Morgan fingerprint density at radius 2 is 2.37 bits per heavy atom. The van der Waals surface area contributed by atoms with Gasteiger partial charge in [-0.2, -0.15) is 19.6 Å². The topological polar surface area (TPSA) is 89.4 Å². The minimum absolute atomic E-state index is 0.287. The quantitative estimate of drug-likeness (QED) is 0.808. The van der Waals surface area contributed by atoms with Gasteiger partial charge in [0, 0.05) is 19.2 Å². The molecule has 7 nitrogen and oxygen atoms in total. The van der Waals surface area contributed by atoms with Gasteiger partial charge in [-0.1, -0.05) is 11.6 Å². The number of halogens is 1. The smallest absolute Gasteiger partial charge is 0.255 e. The summed E-state index contributed by atoms with van der Waals surface area (Å²) in [5.74, 6) is 0.928. The van der Waals surface area contributed by atoms with Gasteiger partial charge in [0.2, 0.25) is 5.91 Å². The van der Waals surface area contributed by atoms with E-state index in [-0.39, 0.29) is 5.91 Å². The molecule has 8 heteroatoms. The predicted molar refractivity (Wildman–Crippen MR) is 69.9 cm³/mol. The summed E-state index contributed by atoms with van der Waals surface area (Å²) in [6, 6.07) is 1.72. The minimum Gasteiger partial charge on any atom is -0.369 e. The summed E-state index contributed by atoms with van der Waals surface area (Å²) in [6.45, 7) is 3.13. The van der Waals surface area contributed by atoms with E-state index >= 15 is 0 Å². The van der Waals surface area contributed by atoms with Crippen molar-refractivity contribution in [2.24, 2.45) is 11.1 Å². The normalized spacial score (nSPS) is 23.2. The van der Waals surface area contributed by atoms with E-state index < -0.39 is 5.41 Å². The summed E-state index contributed by atoms with van der Waals surface area (Å²) in [7, 11) is 0. The zero-order valence-corrected chi connectivity index (χ0v) is 11.1. The Hall–Kier alpha value is -1.89. The zero-order valence-electron chi connectivity index (χ0n) is 10.4. The molecule has 1 fully saturated rings. The number of nitrogens with two attached hydrogens (primary N) is 1. The van der Waals surface area contributed by atoms with Gasteiger partial charge < -0.3 is 10.6 Å². The van der Waals surface area contributed by atoms with Crippen LogP contribution in [0.2, 0.25) is 5.15 Å². The number of amides is 1. The van der Waals surface area contributed by atoms with Crippen LogP contribution in [0, 0.1) is 5.41 Å². The predicted octanol–water partition coefficient (Wildman–Crippen LogP) is 0.479. The lowest BCUT2D eigenvalue weighted by molar-refractivity contribution is -0.125. The molecule has 2 N–H and O–H groups in total. The van der Waals surface area contributed by atoms with Gasteiger partial charge in [0.05, 0.1) is 5.41 Å². The van der Waals surface area contributed by atoms with Crippen LogP contribution in [0.5, 0.6) is 0 Å². The van der Waals surface area contributed by atoms with Gasteiger partial charge in [-0.15, -0.1) is 0 Å². The summed E-state index contributed by atoms with van der Waals surface area (Å²) in [5.41, 5.74) is 4.93. The molecular formula is C11H13ClN6O. The van der Waals surface area contributed by atoms with Gasteiger partial charge >= 0.3 is 0 Å². The number of primary amides is 1. The first kappa shape index (κ1) is 12.2. The van der Waals surface area contributed by atoms with E-state index in [0.29, 0.717) is 23.9 Å². The number of hydrogen-bond donors (Lipinski definition) is 1. The number of nitrogens with zero attached hydrogens (tertiary/aromatic N) is 5. The molecule has 100 valence electrons. The molecule has 2 aromatic heterocycles. The second-order valence-electron chi connectivity index (χ2n) is 5.01. The molecule has 0 saturated carbocycles. The Morgan fingerprint density at radius 1 is 1.58 bits per heavy atom. The molecule has 0 radical (unpaired) electrons. The third-order valence-corrected chi connectivity index (χ3v) is 3.79. The molecular weight excluding hydrogens is 268 g/mol. The van der Waals surface area contributed by atoms with Crippen LogP contribution in [0.4, 0.5) is 5.82 Å². The maximum absolute atomic E-state index is 11.5. The van der Waals surface area contributed by atoms with Crippen LogP contribution in [-0.2, 0) is 4.79 Å². The van der Waals surface area contributed by atoms with Gasteiger partial charge in [0.1, 0.15) is 17.3 Å². The van der Waals surface area contributed by atoms with Crippen LogP contribution in [-0.4, -0.2) is 38.6 Å². The van der Waals surface area contributed by atoms with Crippen molar-refractivity contribution >= 4 is 29.1 Å². The molecule has 0 aliphatic carbocycles. The summed E-state index contributed by atoms with van der Waals surface area (Å²) < 4.78 is 1.61. The first-order chi connectivity index (χ1) is 8.99. The molecule has 0 bridgehead atoms. The molecule has 1 aliphatic heterocycles. The van der Waals surface area contributed by atoms with E-state index in [2.05, 4.69) is 15.1 Å². The van der Waals surface area contributed by atoms with Gasteiger partial charge in [0.25, 0.3) is 5.78 Å². The number of carbonyl (C=O) groups excluding carboxylic acids is 1. The second-order valence-corrected chi connectivity index (χ2v) is 5.39. The molecule has 1 atom stereocenters. The number of rotatable bonds is 2. The summed E-state index contributed by atoms with van der Waals surface area (Å²) >= 11 is 5.98. The standard InChI is InChI=1S/C11H13ClN6O/c1-11(9(13)19)2-3-17(5-11)8-4-7(12)16-10-14-6-15-18(8)10/h4,6H,2-3,5H2,1H3,(H2,13,19). The summed E-state index contributed by atoms with van der Waals surface area (Å²) in [4.78, 5) is 21.6. The monoisotopic (exact) mass is 280 g/mol. The highest BCUT2D eigenvalue weighted by atomic mass is 35.5. The molecule has 19 heavy (non-hydrogen) atoms. The van der Waals surface area contributed by atoms with E-state index in [1.807, 2.05) is 11.8 Å². The fourth-order valence-electron chi connectivity index (χ4n) is 2.35. The maximum atomic E-state index is 11.5. The number of aromatic nitrogens is 4. The van der Waals surface area contributed by atoms with Crippen molar-refractivity contribution in [2.45, 2.75) is 13.3 Å². The van der Waals surface area contributed by atoms with Crippen LogP contribution < -0.4 is 10.6 Å². The van der Waals surface area contributed by atoms with Crippen LogP contribution in [0.3, 0.4) is 0 Å². The van der Waals surface area contributed by atoms with Gasteiger partial charge in [-0.25, -0.2) is 0 Å². The average Bonchev–Trinajstić information content (AvgIpc) is 2.95. The van der Waals surface area contributed by atoms with Crippen molar-refractivity contribution in [3.8, 4) is 0 Å². The Balaban J connectivity index is 2.02. The van der Waals surface area contributed by atoms with Crippen molar-refractivity contribution in [2.75, 3.05) is 18.0 Å². The van der Waals surface area contributed by atoms with Crippen molar-refractivity contribution < 1.29 is 4.79 Å². The van der Waals surface area contributed by atoms with Crippen LogP contribution in [0.15, 0.2) is 12.4 Å². The Labute approximate surface area is 114 Å². The van der Waals surface area contributed by atoms with E-state index in [9.17, 15) is 4.79 Å². The first-order valence-electron chi connectivity index (χ1n) is 5.91. The highest BCUT2D eigenvalue weighted by Crippen LogP contribution is 2.33. The first-order valence-corrected chi connectivity index (χ1v) is 6.28. The fourth-order valence-corrected chi connectivity index (χ4v) is 2.52. The van der Waals surface area contributed by atoms with Gasteiger partial charge in [-0.3, -0.25) is 4.79 Å². The molecule has 0 spiro atoms. The number of hydrogen-bond acceptors (Lipinski definition) is 5. The van der Waals surface area contributed by atoms with E-state index in [0.717, 1.165) is 12.4 Å². The molecule has 2 aromatic rings. The summed E-state index contributed by atoms with van der Waals surface area (Å²) in [5, 5.41) is 4.47. The number of carbonyl (C=O) groups is 1. The van der Waals surface area contributed by atoms with Crippen LogP contribution in [0.1, 0.15) is 13.3 Å². The molecule has 3 heterocycles. The lowest BCUT2D eigenvalue weighted by Gasteiger charge is -2.22. The maximum Gasteiger partial charge on any atom is 0.255 e. The highest BCUT2D eigenvalue weighted by Gasteiger charge is 2.39. The second kappa shape index (κ2) is 4.06. The lowest BCUT2D eigenvalue weighted by atomic mass is 9.89. The fraction of sp³-hybridized carbons (Fsp3) is 0.455. The van der Waals surface area contributed by atoms with Crippen molar-refractivity contribution in [3.63, 3.8) is 0 Å². The number of anilines is 1. The van der Waals surface area contributed by atoms with Crippen LogP contribution in [0.25, 0.3) is 5.78 Å². The third-order valence-electron chi connectivity index (χ3n) is 3.59. The molecule has 1 unspecified atom stereocenters. The Kier molecular flexibility index (Phi) is 2.60. The molecule has 0 aromatic carbocycles. The van der Waals surface area contributed by atoms with Gasteiger partial charge in [0.15, 0.2) is 0 Å². The van der Waals surface area contributed by atoms with E-state index in [4.69, 9.17) is 17.3 Å². The molecule has 1 saturated heterocycles. The van der Waals surface area contributed by atoms with Crippen molar-refractivity contribution in [1.82, 2.24) is 19.6 Å². The van der Waals surface area contributed by atoms with Gasteiger partial charge in [-0.05, 0) is 13.3 Å². The van der Waals surface area contributed by atoms with E-state index in [1.54, 1.807) is 10.6 Å². The SMILES string of the molecule is CC1(C(N)=O)CCN(c2cc(Cl)nc3ncnn23)C1. The minimum atomic E-state index is -0.525. The molecule has 1 amide bonds. The average molecular weight is 281 g/mol. The zero-order chi connectivity index (χ0) is 13.6. The number of fused-ring (bicyclic) bond motifs is 1. The Bertz CT molecular complexity index is 656. The highest BCUT2D eigenvalue weighted by molar-refractivity contribution is 6.29. The third kappa shape index (κ3) is 1.90.